The van der Waals surface area contributed by atoms with Crippen molar-refractivity contribution in [2.24, 2.45) is 0 Å². The molecule has 2 aromatic rings. The van der Waals surface area contributed by atoms with Crippen molar-refractivity contribution in [2.75, 3.05) is 49.5 Å². The minimum Gasteiger partial charge on any atom is -0.323 e. The topological polar surface area (TPSA) is 55.9 Å². The summed E-state index contributed by atoms with van der Waals surface area (Å²) in [4.78, 5) is 31.3. The van der Waals surface area contributed by atoms with Crippen LogP contribution in [0.5, 0.6) is 0 Å². The van der Waals surface area contributed by atoms with Gasteiger partial charge in [0.1, 0.15) is 0 Å². The van der Waals surface area contributed by atoms with Gasteiger partial charge in [-0.1, -0.05) is 42.5 Å². The summed E-state index contributed by atoms with van der Waals surface area (Å²) in [6, 6.07) is 18.1. The second kappa shape index (κ2) is 9.87. The third-order valence-electron chi connectivity index (χ3n) is 5.84. The van der Waals surface area contributed by atoms with Gasteiger partial charge in [-0.2, -0.15) is 0 Å². The SMILES string of the molecule is O=C(CN1CCCN(Cc2ccccc2)CC1)Nc1ccccc1N1CCCC1=O. The van der Waals surface area contributed by atoms with E-state index >= 15 is 0 Å². The highest BCUT2D eigenvalue weighted by Gasteiger charge is 2.24. The molecule has 2 aromatic carbocycles. The molecule has 4 rings (SSSR count). The Morgan fingerprint density at radius 1 is 0.833 bits per heavy atom. The van der Waals surface area contributed by atoms with E-state index in [9.17, 15) is 9.59 Å². The third kappa shape index (κ3) is 5.26. The van der Waals surface area contributed by atoms with Gasteiger partial charge in [0.2, 0.25) is 11.8 Å². The van der Waals surface area contributed by atoms with Crippen LogP contribution in [0.2, 0.25) is 0 Å². The Morgan fingerprint density at radius 2 is 1.57 bits per heavy atom. The summed E-state index contributed by atoms with van der Waals surface area (Å²) in [5, 5.41) is 3.04. The van der Waals surface area contributed by atoms with Crippen molar-refractivity contribution in [2.45, 2.75) is 25.8 Å². The normalized spacial score (nSPS) is 18.4. The molecule has 0 unspecified atom stereocenters. The lowest BCUT2D eigenvalue weighted by molar-refractivity contribution is -0.118. The van der Waals surface area contributed by atoms with E-state index in [2.05, 4.69) is 39.4 Å². The molecule has 2 fully saturated rings. The molecule has 2 aliphatic rings. The van der Waals surface area contributed by atoms with E-state index in [1.54, 1.807) is 4.90 Å². The molecular formula is C24H30N4O2. The molecule has 2 saturated heterocycles. The van der Waals surface area contributed by atoms with Gasteiger partial charge in [-0.3, -0.25) is 19.4 Å². The zero-order chi connectivity index (χ0) is 20.8. The fraction of sp³-hybridized carbons (Fsp3) is 0.417. The zero-order valence-electron chi connectivity index (χ0n) is 17.4. The first kappa shape index (κ1) is 20.6. The van der Waals surface area contributed by atoms with Crippen molar-refractivity contribution in [3.05, 3.63) is 60.2 Å². The van der Waals surface area contributed by atoms with Crippen LogP contribution in [0.25, 0.3) is 0 Å². The number of amides is 2. The van der Waals surface area contributed by atoms with Gasteiger partial charge >= 0.3 is 0 Å². The van der Waals surface area contributed by atoms with Crippen LogP contribution in [0.15, 0.2) is 54.6 Å². The van der Waals surface area contributed by atoms with E-state index in [0.29, 0.717) is 13.0 Å². The van der Waals surface area contributed by atoms with Crippen molar-refractivity contribution < 1.29 is 9.59 Å². The number of benzene rings is 2. The number of rotatable bonds is 6. The Morgan fingerprint density at radius 3 is 2.37 bits per heavy atom. The molecule has 6 heteroatoms. The maximum atomic E-state index is 12.7. The quantitative estimate of drug-likeness (QED) is 0.801. The smallest absolute Gasteiger partial charge is 0.238 e. The first-order chi connectivity index (χ1) is 14.7. The lowest BCUT2D eigenvalue weighted by atomic mass is 10.2. The largest absolute Gasteiger partial charge is 0.323 e. The zero-order valence-corrected chi connectivity index (χ0v) is 17.4. The lowest BCUT2D eigenvalue weighted by Crippen LogP contribution is -2.36. The number of carbonyl (C=O) groups is 2. The lowest BCUT2D eigenvalue weighted by Gasteiger charge is -2.23. The Bertz CT molecular complexity index is 871. The minimum atomic E-state index is -0.0226. The van der Waals surface area contributed by atoms with Gasteiger partial charge in [-0.15, -0.1) is 0 Å². The van der Waals surface area contributed by atoms with E-state index in [1.165, 1.54) is 5.56 Å². The van der Waals surface area contributed by atoms with E-state index in [4.69, 9.17) is 0 Å². The molecule has 30 heavy (non-hydrogen) atoms. The van der Waals surface area contributed by atoms with Crippen LogP contribution in [0.4, 0.5) is 11.4 Å². The first-order valence-corrected chi connectivity index (χ1v) is 10.9. The number of hydrogen-bond donors (Lipinski definition) is 1. The standard InChI is InChI=1S/C24H30N4O2/c29-23(25-21-10-4-5-11-22(21)28-15-6-12-24(28)30)19-27-14-7-13-26(16-17-27)18-20-8-2-1-3-9-20/h1-5,8-11H,6-7,12-19H2,(H,25,29). The highest BCUT2D eigenvalue weighted by atomic mass is 16.2. The van der Waals surface area contributed by atoms with Crippen molar-refractivity contribution in [3.8, 4) is 0 Å². The first-order valence-electron chi connectivity index (χ1n) is 10.9. The average molecular weight is 407 g/mol. The van der Waals surface area contributed by atoms with Crippen LogP contribution in [0.1, 0.15) is 24.8 Å². The van der Waals surface area contributed by atoms with Gasteiger partial charge in [-0.05, 0) is 43.6 Å². The molecule has 0 saturated carbocycles. The maximum absolute atomic E-state index is 12.7. The number of para-hydroxylation sites is 2. The van der Waals surface area contributed by atoms with Gasteiger partial charge in [0, 0.05) is 32.6 Å². The van der Waals surface area contributed by atoms with Gasteiger partial charge in [0.05, 0.1) is 17.9 Å². The summed E-state index contributed by atoms with van der Waals surface area (Å²) in [5.41, 5.74) is 2.85. The summed E-state index contributed by atoms with van der Waals surface area (Å²) in [7, 11) is 0. The maximum Gasteiger partial charge on any atom is 0.238 e. The summed E-state index contributed by atoms with van der Waals surface area (Å²) in [5.74, 6) is 0.105. The van der Waals surface area contributed by atoms with Crippen LogP contribution >= 0.6 is 0 Å². The molecule has 2 amide bonds. The molecule has 6 nitrogen and oxygen atoms in total. The van der Waals surface area contributed by atoms with E-state index < -0.39 is 0 Å². The predicted octanol–water partition coefficient (Wildman–Crippen LogP) is 2.96. The number of anilines is 2. The molecular weight excluding hydrogens is 376 g/mol. The molecule has 0 atom stereocenters. The molecule has 0 aromatic heterocycles. The van der Waals surface area contributed by atoms with Crippen molar-refractivity contribution in [3.63, 3.8) is 0 Å². The molecule has 2 aliphatic heterocycles. The fourth-order valence-electron chi connectivity index (χ4n) is 4.29. The summed E-state index contributed by atoms with van der Waals surface area (Å²) in [6.45, 7) is 5.86. The number of hydrogen-bond acceptors (Lipinski definition) is 4. The van der Waals surface area contributed by atoms with Crippen LogP contribution in [-0.2, 0) is 16.1 Å². The van der Waals surface area contributed by atoms with Crippen molar-refractivity contribution >= 4 is 23.2 Å². The molecule has 0 bridgehead atoms. The number of nitrogens with zero attached hydrogens (tertiary/aromatic N) is 3. The van der Waals surface area contributed by atoms with Gasteiger partial charge < -0.3 is 10.2 Å². The number of nitrogens with one attached hydrogen (secondary N) is 1. The van der Waals surface area contributed by atoms with Crippen LogP contribution in [0, 0.1) is 0 Å². The molecule has 0 aliphatic carbocycles. The second-order valence-electron chi connectivity index (χ2n) is 8.11. The summed E-state index contributed by atoms with van der Waals surface area (Å²) >= 11 is 0. The molecule has 158 valence electrons. The number of carbonyl (C=O) groups excluding carboxylic acids is 2. The highest BCUT2D eigenvalue weighted by Crippen LogP contribution is 2.29. The van der Waals surface area contributed by atoms with E-state index in [0.717, 1.165) is 63.5 Å². The Hall–Kier alpha value is -2.70. The Labute approximate surface area is 178 Å². The van der Waals surface area contributed by atoms with Crippen LogP contribution < -0.4 is 10.2 Å². The van der Waals surface area contributed by atoms with Crippen molar-refractivity contribution in [1.29, 1.82) is 0 Å². The van der Waals surface area contributed by atoms with Gasteiger partial charge in [-0.25, -0.2) is 0 Å². The average Bonchev–Trinajstić information content (AvgIpc) is 3.06. The molecule has 0 radical (unpaired) electrons. The van der Waals surface area contributed by atoms with Gasteiger partial charge in [0.25, 0.3) is 0 Å². The molecule has 0 spiro atoms. The Balaban J connectivity index is 1.31. The summed E-state index contributed by atoms with van der Waals surface area (Å²) in [6.07, 6.45) is 2.50. The second-order valence-corrected chi connectivity index (χ2v) is 8.11. The summed E-state index contributed by atoms with van der Waals surface area (Å²) < 4.78 is 0. The predicted molar refractivity (Wildman–Crippen MR) is 119 cm³/mol. The van der Waals surface area contributed by atoms with Crippen LogP contribution in [-0.4, -0.2) is 60.9 Å². The minimum absolute atomic E-state index is 0.0226. The third-order valence-corrected chi connectivity index (χ3v) is 5.84. The van der Waals surface area contributed by atoms with Gasteiger partial charge in [0.15, 0.2) is 0 Å². The fourth-order valence-corrected chi connectivity index (χ4v) is 4.29. The molecule has 1 N–H and O–H groups in total. The molecule has 2 heterocycles. The van der Waals surface area contributed by atoms with Crippen LogP contribution in [0.3, 0.4) is 0 Å². The Kier molecular flexibility index (Phi) is 6.77. The van der Waals surface area contributed by atoms with E-state index in [-0.39, 0.29) is 11.8 Å². The highest BCUT2D eigenvalue weighted by molar-refractivity contribution is 6.02. The van der Waals surface area contributed by atoms with Crippen molar-refractivity contribution in [1.82, 2.24) is 9.80 Å². The monoisotopic (exact) mass is 406 g/mol. The van der Waals surface area contributed by atoms with E-state index in [1.807, 2.05) is 30.3 Å².